The highest BCUT2D eigenvalue weighted by molar-refractivity contribution is 5.80. The lowest BCUT2D eigenvalue weighted by Crippen LogP contribution is -2.58. The zero-order chi connectivity index (χ0) is 14.7. The zero-order valence-corrected chi connectivity index (χ0v) is 13.2. The SMILES string of the molecule is C[C@@]12CCC(=O)C[C@H]1CC[C@@]1(C)C2=CCCC12OCCO2. The summed E-state index contributed by atoms with van der Waals surface area (Å²) in [6.07, 6.45) is 9.23. The van der Waals surface area contributed by atoms with E-state index in [0.29, 0.717) is 11.7 Å². The van der Waals surface area contributed by atoms with Crippen molar-refractivity contribution in [3.05, 3.63) is 11.6 Å². The smallest absolute Gasteiger partial charge is 0.177 e. The van der Waals surface area contributed by atoms with Crippen LogP contribution in [0.1, 0.15) is 58.8 Å². The van der Waals surface area contributed by atoms with Crippen LogP contribution in [-0.4, -0.2) is 24.8 Å². The van der Waals surface area contributed by atoms with Gasteiger partial charge in [0.25, 0.3) is 0 Å². The summed E-state index contributed by atoms with van der Waals surface area (Å²) >= 11 is 0. The Labute approximate surface area is 127 Å². The number of ketones is 1. The van der Waals surface area contributed by atoms with Crippen molar-refractivity contribution in [2.45, 2.75) is 64.6 Å². The van der Waals surface area contributed by atoms with Crippen LogP contribution in [0.15, 0.2) is 11.6 Å². The first-order valence-corrected chi connectivity index (χ1v) is 8.51. The highest BCUT2D eigenvalue weighted by atomic mass is 16.7. The van der Waals surface area contributed by atoms with Gasteiger partial charge in [-0.15, -0.1) is 0 Å². The van der Waals surface area contributed by atoms with Gasteiger partial charge in [-0.3, -0.25) is 4.79 Å². The molecule has 0 aromatic rings. The molecule has 0 bridgehead atoms. The molecule has 4 aliphatic rings. The maximum Gasteiger partial charge on any atom is 0.177 e. The van der Waals surface area contributed by atoms with Crippen LogP contribution in [0.2, 0.25) is 0 Å². The summed E-state index contributed by atoms with van der Waals surface area (Å²) in [7, 11) is 0. The summed E-state index contributed by atoms with van der Waals surface area (Å²) in [6.45, 7) is 6.19. The second-order valence-electron chi connectivity index (χ2n) is 7.83. The number of ether oxygens (including phenoxy) is 2. The van der Waals surface area contributed by atoms with E-state index in [1.807, 2.05) is 0 Å². The Morgan fingerprint density at radius 1 is 1.14 bits per heavy atom. The van der Waals surface area contributed by atoms with Gasteiger partial charge >= 0.3 is 0 Å². The van der Waals surface area contributed by atoms with Crippen LogP contribution in [0, 0.1) is 16.7 Å². The van der Waals surface area contributed by atoms with Gasteiger partial charge in [-0.2, -0.15) is 0 Å². The van der Waals surface area contributed by atoms with Gasteiger partial charge < -0.3 is 9.47 Å². The van der Waals surface area contributed by atoms with E-state index in [-0.39, 0.29) is 10.8 Å². The number of fused-ring (bicyclic) bond motifs is 4. The van der Waals surface area contributed by atoms with Crippen molar-refractivity contribution in [1.82, 2.24) is 0 Å². The monoisotopic (exact) mass is 290 g/mol. The van der Waals surface area contributed by atoms with E-state index in [4.69, 9.17) is 9.47 Å². The number of allylic oxidation sites excluding steroid dienone is 1. The van der Waals surface area contributed by atoms with E-state index < -0.39 is 5.79 Å². The second-order valence-corrected chi connectivity index (χ2v) is 7.83. The minimum Gasteiger partial charge on any atom is -0.347 e. The maximum atomic E-state index is 11.9. The summed E-state index contributed by atoms with van der Waals surface area (Å²) in [6, 6.07) is 0. The standard InChI is InChI=1S/C18H26O3/c1-16-8-6-14(19)12-13(16)5-9-17(2)15(16)4-3-7-18(17)20-10-11-21-18/h4,13H,3,5-12H2,1-2H3/t13-,16-,17+/m1/s1. The van der Waals surface area contributed by atoms with Crippen LogP contribution in [0.25, 0.3) is 0 Å². The number of rotatable bonds is 0. The van der Waals surface area contributed by atoms with E-state index in [1.54, 1.807) is 0 Å². The largest absolute Gasteiger partial charge is 0.347 e. The van der Waals surface area contributed by atoms with Crippen molar-refractivity contribution < 1.29 is 14.3 Å². The molecular formula is C18H26O3. The molecule has 2 saturated carbocycles. The third kappa shape index (κ3) is 1.71. The fourth-order valence-corrected chi connectivity index (χ4v) is 5.66. The van der Waals surface area contributed by atoms with Gasteiger partial charge in [-0.25, -0.2) is 0 Å². The lowest BCUT2D eigenvalue weighted by molar-refractivity contribution is -0.242. The molecule has 3 atom stereocenters. The van der Waals surface area contributed by atoms with Crippen LogP contribution in [0.4, 0.5) is 0 Å². The quantitative estimate of drug-likeness (QED) is 0.639. The van der Waals surface area contributed by atoms with Crippen molar-refractivity contribution in [2.24, 2.45) is 16.7 Å². The Kier molecular flexibility index (Phi) is 2.94. The lowest BCUT2D eigenvalue weighted by Gasteiger charge is -2.60. The van der Waals surface area contributed by atoms with E-state index in [1.165, 1.54) is 5.57 Å². The van der Waals surface area contributed by atoms with Crippen LogP contribution in [-0.2, 0) is 14.3 Å². The molecule has 0 aromatic carbocycles. The Morgan fingerprint density at radius 2 is 1.90 bits per heavy atom. The maximum absolute atomic E-state index is 11.9. The van der Waals surface area contributed by atoms with E-state index >= 15 is 0 Å². The Morgan fingerprint density at radius 3 is 2.67 bits per heavy atom. The van der Waals surface area contributed by atoms with Crippen LogP contribution < -0.4 is 0 Å². The molecule has 21 heavy (non-hydrogen) atoms. The van der Waals surface area contributed by atoms with Crippen LogP contribution >= 0.6 is 0 Å². The van der Waals surface area contributed by atoms with Crippen LogP contribution in [0.3, 0.4) is 0 Å². The molecule has 0 N–H and O–H groups in total. The van der Waals surface area contributed by atoms with Crippen LogP contribution in [0.5, 0.6) is 0 Å². The Bertz CT molecular complexity index is 503. The minimum absolute atomic E-state index is 0.00656. The molecule has 0 unspecified atom stereocenters. The van der Waals surface area contributed by atoms with Gasteiger partial charge in [0, 0.05) is 24.7 Å². The highest BCUT2D eigenvalue weighted by Gasteiger charge is 2.62. The number of hydrogen-bond donors (Lipinski definition) is 0. The number of Topliss-reactive ketones (excluding diaryl/α,β-unsaturated/α-hetero) is 1. The topological polar surface area (TPSA) is 35.5 Å². The van der Waals surface area contributed by atoms with Gasteiger partial charge in [0.1, 0.15) is 5.78 Å². The predicted molar refractivity (Wildman–Crippen MR) is 79.7 cm³/mol. The number of carbonyl (C=O) groups excluding carboxylic acids is 1. The molecule has 3 heteroatoms. The zero-order valence-electron chi connectivity index (χ0n) is 13.2. The molecule has 0 aromatic heterocycles. The van der Waals surface area contributed by atoms with Gasteiger partial charge in [0.2, 0.25) is 0 Å². The van der Waals surface area contributed by atoms with Crippen molar-refractivity contribution in [2.75, 3.05) is 13.2 Å². The van der Waals surface area contributed by atoms with Gasteiger partial charge in [0.15, 0.2) is 5.79 Å². The predicted octanol–water partition coefficient (Wildman–Crippen LogP) is 3.63. The normalized spacial score (nSPS) is 45.1. The second kappa shape index (κ2) is 4.42. The molecular weight excluding hydrogens is 264 g/mol. The van der Waals surface area contributed by atoms with Crippen molar-refractivity contribution in [3.8, 4) is 0 Å². The average Bonchev–Trinajstić information content (AvgIpc) is 2.93. The van der Waals surface area contributed by atoms with E-state index in [2.05, 4.69) is 19.9 Å². The van der Waals surface area contributed by atoms with Gasteiger partial charge in [-0.05, 0) is 37.0 Å². The third-order valence-corrected chi connectivity index (χ3v) is 6.92. The average molecular weight is 290 g/mol. The summed E-state index contributed by atoms with van der Waals surface area (Å²) in [5.74, 6) is 0.585. The molecule has 1 heterocycles. The molecule has 1 spiro atoms. The minimum atomic E-state index is -0.396. The summed E-state index contributed by atoms with van der Waals surface area (Å²) in [4.78, 5) is 11.9. The Hall–Kier alpha value is -0.670. The molecule has 1 saturated heterocycles. The molecule has 3 nitrogen and oxygen atoms in total. The summed E-state index contributed by atoms with van der Waals surface area (Å²) in [5.41, 5.74) is 1.70. The molecule has 116 valence electrons. The van der Waals surface area contributed by atoms with Crippen molar-refractivity contribution in [1.29, 1.82) is 0 Å². The molecule has 0 amide bonds. The number of hydrogen-bond acceptors (Lipinski definition) is 3. The van der Waals surface area contributed by atoms with Gasteiger partial charge in [0.05, 0.1) is 13.2 Å². The fraction of sp³-hybridized carbons (Fsp3) is 0.833. The first-order valence-electron chi connectivity index (χ1n) is 8.51. The van der Waals surface area contributed by atoms with Crippen molar-refractivity contribution >= 4 is 5.78 Å². The van der Waals surface area contributed by atoms with Gasteiger partial charge in [-0.1, -0.05) is 25.5 Å². The molecule has 3 fully saturated rings. The van der Waals surface area contributed by atoms with E-state index in [0.717, 1.165) is 58.2 Å². The van der Waals surface area contributed by atoms with Crippen molar-refractivity contribution in [3.63, 3.8) is 0 Å². The highest BCUT2D eigenvalue weighted by Crippen LogP contribution is 2.65. The molecule has 3 aliphatic carbocycles. The lowest BCUT2D eigenvalue weighted by atomic mass is 9.47. The third-order valence-electron chi connectivity index (χ3n) is 6.92. The Balaban J connectivity index is 1.77. The molecule has 0 radical (unpaired) electrons. The fourth-order valence-electron chi connectivity index (χ4n) is 5.66. The summed E-state index contributed by atoms with van der Waals surface area (Å²) < 4.78 is 12.3. The molecule has 4 rings (SSSR count). The first kappa shape index (κ1) is 14.0. The first-order chi connectivity index (χ1) is 10.0. The van der Waals surface area contributed by atoms with E-state index in [9.17, 15) is 4.79 Å². The number of carbonyl (C=O) groups is 1. The molecule has 1 aliphatic heterocycles. The summed E-state index contributed by atoms with van der Waals surface area (Å²) in [5, 5.41) is 0.